The van der Waals surface area contributed by atoms with Crippen LogP contribution in [0.3, 0.4) is 0 Å². The van der Waals surface area contributed by atoms with Gasteiger partial charge in [-0.05, 0) is 86.5 Å². The summed E-state index contributed by atoms with van der Waals surface area (Å²) >= 11 is 0. The molecule has 0 radical (unpaired) electrons. The number of amides is 1. The van der Waals surface area contributed by atoms with Crippen LogP contribution < -0.4 is 0 Å². The minimum atomic E-state index is -1.52. The molecule has 3 fully saturated rings. The number of aliphatic hydroxyl groups is 2. The molecule has 0 heterocycles. The lowest BCUT2D eigenvalue weighted by Gasteiger charge is -2.69. The van der Waals surface area contributed by atoms with E-state index in [9.17, 15) is 25.1 Å². The molecule has 5 aliphatic carbocycles. The highest BCUT2D eigenvalue weighted by molar-refractivity contribution is 5.96. The van der Waals surface area contributed by atoms with E-state index in [0.717, 1.165) is 44.1 Å². The molecule has 0 aromatic rings. The topological polar surface area (TPSA) is 102 Å². The zero-order valence-corrected chi connectivity index (χ0v) is 24.6. The van der Waals surface area contributed by atoms with Gasteiger partial charge in [-0.2, -0.15) is 5.26 Å². The van der Waals surface area contributed by atoms with Crippen molar-refractivity contribution in [3.05, 3.63) is 23.0 Å². The Labute approximate surface area is 228 Å². The summed E-state index contributed by atoms with van der Waals surface area (Å²) in [6.45, 7) is 12.8. The summed E-state index contributed by atoms with van der Waals surface area (Å²) in [7, 11) is 3.69. The number of ketones is 1. The summed E-state index contributed by atoms with van der Waals surface area (Å²) in [5, 5.41) is 32.1. The lowest BCUT2D eigenvalue weighted by molar-refractivity contribution is -0.186. The molecular formula is C32H46N2O4. The third-order valence-electron chi connectivity index (χ3n) is 12.6. The van der Waals surface area contributed by atoms with Gasteiger partial charge < -0.3 is 15.1 Å². The third-order valence-corrected chi connectivity index (χ3v) is 12.6. The maximum atomic E-state index is 14.4. The number of nitrogens with zero attached hydrogens (tertiary/aromatic N) is 2. The van der Waals surface area contributed by atoms with Gasteiger partial charge in [-0.25, -0.2) is 0 Å². The van der Waals surface area contributed by atoms with Crippen molar-refractivity contribution in [1.29, 1.82) is 5.26 Å². The first-order chi connectivity index (χ1) is 17.4. The second-order valence-electron chi connectivity index (χ2n) is 15.3. The number of fused-ring (bicyclic) bond motifs is 7. The highest BCUT2D eigenvalue weighted by Gasteiger charge is 2.71. The van der Waals surface area contributed by atoms with E-state index in [-0.39, 0.29) is 57.0 Å². The van der Waals surface area contributed by atoms with Gasteiger partial charge in [0.2, 0.25) is 5.91 Å². The van der Waals surface area contributed by atoms with Crippen molar-refractivity contribution in [2.24, 2.45) is 44.8 Å². The molecule has 2 N–H and O–H groups in total. The summed E-state index contributed by atoms with van der Waals surface area (Å²) in [5.41, 5.74) is -1.96. The number of aliphatic hydroxyl groups excluding tert-OH is 1. The maximum absolute atomic E-state index is 14.4. The molecule has 0 aromatic heterocycles. The zero-order chi connectivity index (χ0) is 28.3. The van der Waals surface area contributed by atoms with Crippen molar-refractivity contribution in [2.45, 2.75) is 98.5 Å². The average molecular weight is 523 g/mol. The lowest BCUT2D eigenvalue weighted by atomic mass is 9.34. The second kappa shape index (κ2) is 7.96. The molecule has 6 heteroatoms. The zero-order valence-electron chi connectivity index (χ0n) is 24.6. The van der Waals surface area contributed by atoms with Crippen molar-refractivity contribution in [2.75, 3.05) is 14.1 Å². The Hall–Kier alpha value is -2.13. The third kappa shape index (κ3) is 3.20. The van der Waals surface area contributed by atoms with Gasteiger partial charge in [0, 0.05) is 31.3 Å². The van der Waals surface area contributed by atoms with Gasteiger partial charge in [0.05, 0.1) is 17.1 Å². The molecule has 8 atom stereocenters. The number of carbonyl (C=O) groups is 2. The van der Waals surface area contributed by atoms with Gasteiger partial charge in [0.15, 0.2) is 5.78 Å². The van der Waals surface area contributed by atoms with E-state index in [4.69, 9.17) is 0 Å². The summed E-state index contributed by atoms with van der Waals surface area (Å²) in [4.78, 5) is 30.0. The van der Waals surface area contributed by atoms with Crippen LogP contribution in [0.2, 0.25) is 0 Å². The standard InChI is InChI=1S/C32H46N2O4/c1-27(2)11-13-32(26(37)34(7)8)14-12-30(5)24(20(32)17-27)21(35)15-23-28(3)16-19(18-33)25(36)31(6,38)22(28)9-10-29(23,30)4/h15,20,22,24,36,38H,9-14,16-17H2,1-8H3/t20-,22+,24-,28-,29+,30+,31-,32-/m0/s1. The van der Waals surface area contributed by atoms with Crippen LogP contribution in [0.4, 0.5) is 0 Å². The smallest absolute Gasteiger partial charge is 0.228 e. The van der Waals surface area contributed by atoms with E-state index in [2.05, 4.69) is 40.7 Å². The molecule has 208 valence electrons. The normalized spacial score (nSPS) is 47.5. The van der Waals surface area contributed by atoms with Crippen LogP contribution in [0.1, 0.15) is 92.9 Å². The van der Waals surface area contributed by atoms with Crippen molar-refractivity contribution >= 4 is 11.7 Å². The molecule has 6 nitrogen and oxygen atoms in total. The molecule has 5 rings (SSSR count). The largest absolute Gasteiger partial charge is 0.508 e. The predicted molar refractivity (Wildman–Crippen MR) is 146 cm³/mol. The Kier molecular flexibility index (Phi) is 5.75. The molecule has 1 amide bonds. The summed E-state index contributed by atoms with van der Waals surface area (Å²) in [6, 6.07) is 2.14. The molecule has 0 saturated heterocycles. The number of nitriles is 1. The quantitative estimate of drug-likeness (QED) is 0.458. The van der Waals surface area contributed by atoms with Gasteiger partial charge >= 0.3 is 0 Å². The van der Waals surface area contributed by atoms with Crippen LogP contribution in [0.5, 0.6) is 0 Å². The van der Waals surface area contributed by atoms with Gasteiger partial charge in [-0.15, -0.1) is 0 Å². The average Bonchev–Trinajstić information content (AvgIpc) is 2.82. The number of hydrogen-bond donors (Lipinski definition) is 2. The summed E-state index contributed by atoms with van der Waals surface area (Å²) in [6.07, 6.45) is 7.96. The molecule has 0 bridgehead atoms. The second-order valence-corrected chi connectivity index (χ2v) is 15.3. The molecule has 3 saturated carbocycles. The number of rotatable bonds is 1. The maximum Gasteiger partial charge on any atom is 0.228 e. The van der Waals surface area contributed by atoms with Gasteiger partial charge in [-0.3, -0.25) is 9.59 Å². The molecule has 0 aliphatic heterocycles. The van der Waals surface area contributed by atoms with E-state index in [0.29, 0.717) is 12.8 Å². The van der Waals surface area contributed by atoms with Crippen molar-refractivity contribution in [3.8, 4) is 6.07 Å². The van der Waals surface area contributed by atoms with E-state index >= 15 is 0 Å². The van der Waals surface area contributed by atoms with Crippen LogP contribution in [0.15, 0.2) is 23.0 Å². The molecule has 0 spiro atoms. The Morgan fingerprint density at radius 1 is 1.05 bits per heavy atom. The molecule has 0 unspecified atom stereocenters. The summed E-state index contributed by atoms with van der Waals surface area (Å²) in [5.74, 6) is -0.473. The minimum Gasteiger partial charge on any atom is -0.508 e. The predicted octanol–water partition coefficient (Wildman–Crippen LogP) is 5.73. The number of carbonyl (C=O) groups excluding carboxylic acids is 2. The van der Waals surface area contributed by atoms with Crippen LogP contribution in [-0.4, -0.2) is 46.5 Å². The molecule has 38 heavy (non-hydrogen) atoms. The first kappa shape index (κ1) is 27.4. The fourth-order valence-electron chi connectivity index (χ4n) is 10.4. The van der Waals surface area contributed by atoms with Gasteiger partial charge in [0.25, 0.3) is 0 Å². The van der Waals surface area contributed by atoms with Crippen molar-refractivity contribution in [1.82, 2.24) is 4.90 Å². The van der Waals surface area contributed by atoms with E-state index in [1.165, 1.54) is 0 Å². The minimum absolute atomic E-state index is 0.0133. The molecular weight excluding hydrogens is 476 g/mol. The first-order valence-corrected chi connectivity index (χ1v) is 14.4. The Morgan fingerprint density at radius 3 is 2.29 bits per heavy atom. The lowest BCUT2D eigenvalue weighted by Crippen LogP contribution is -2.67. The number of hydrogen-bond acceptors (Lipinski definition) is 5. The van der Waals surface area contributed by atoms with E-state index in [1.54, 1.807) is 11.8 Å². The number of allylic oxidation sites excluding steroid dienone is 3. The molecule has 0 aromatic carbocycles. The van der Waals surface area contributed by atoms with Gasteiger partial charge in [-0.1, -0.05) is 40.2 Å². The van der Waals surface area contributed by atoms with Crippen LogP contribution in [0, 0.1) is 56.2 Å². The van der Waals surface area contributed by atoms with Crippen LogP contribution in [0.25, 0.3) is 0 Å². The van der Waals surface area contributed by atoms with Crippen LogP contribution >= 0.6 is 0 Å². The summed E-state index contributed by atoms with van der Waals surface area (Å²) < 4.78 is 0. The fraction of sp³-hybridized carbons (Fsp3) is 0.781. The highest BCUT2D eigenvalue weighted by Crippen LogP contribution is 2.74. The van der Waals surface area contributed by atoms with Crippen LogP contribution in [-0.2, 0) is 9.59 Å². The Balaban J connectivity index is 1.68. The van der Waals surface area contributed by atoms with Crippen molar-refractivity contribution in [3.63, 3.8) is 0 Å². The Bertz CT molecular complexity index is 1200. The van der Waals surface area contributed by atoms with Crippen molar-refractivity contribution < 1.29 is 19.8 Å². The van der Waals surface area contributed by atoms with Gasteiger partial charge in [0.1, 0.15) is 11.4 Å². The monoisotopic (exact) mass is 522 g/mol. The van der Waals surface area contributed by atoms with E-state index in [1.807, 2.05) is 20.2 Å². The molecule has 5 aliphatic rings. The van der Waals surface area contributed by atoms with E-state index < -0.39 is 16.4 Å². The SMILES string of the molecule is CN(C)C(=O)[C@]12CCC(C)(C)C[C@H]1[C@H]1C(=O)C=C3[C@@]4(C)CC(C#N)=C(O)[C@@](C)(O)[C@@H]4CC[C@@]3(C)[C@]1(C)CC2. The Morgan fingerprint density at radius 2 is 1.68 bits per heavy atom. The highest BCUT2D eigenvalue weighted by atomic mass is 16.3. The first-order valence-electron chi connectivity index (χ1n) is 14.4. The fourth-order valence-corrected chi connectivity index (χ4v) is 10.4.